The molecule has 0 unspecified atom stereocenters. The first-order valence-corrected chi connectivity index (χ1v) is 7.66. The second-order valence-corrected chi connectivity index (χ2v) is 5.27. The van der Waals surface area contributed by atoms with E-state index in [0.717, 1.165) is 25.1 Å². The molecule has 0 saturated heterocycles. The van der Waals surface area contributed by atoms with Gasteiger partial charge in [-0.2, -0.15) is 0 Å². The number of carbonyl (C=O) groups excluding carboxylic acids is 1. The van der Waals surface area contributed by atoms with E-state index in [1.165, 1.54) is 5.56 Å². The zero-order valence-electron chi connectivity index (χ0n) is 13.0. The first-order chi connectivity index (χ1) is 10.7. The summed E-state index contributed by atoms with van der Waals surface area (Å²) in [6, 6.07) is 7.93. The summed E-state index contributed by atoms with van der Waals surface area (Å²) in [6.45, 7) is 4.17. The Morgan fingerprint density at radius 1 is 1.27 bits per heavy atom. The lowest BCUT2D eigenvalue weighted by Crippen LogP contribution is -2.25. The van der Waals surface area contributed by atoms with Crippen LogP contribution in [0.1, 0.15) is 24.8 Å². The zero-order chi connectivity index (χ0) is 15.6. The number of ether oxygens (including phenoxy) is 1. The van der Waals surface area contributed by atoms with Crippen LogP contribution in [-0.2, 0) is 11.3 Å². The molecule has 118 valence electrons. The first-order valence-electron chi connectivity index (χ1n) is 7.66. The summed E-state index contributed by atoms with van der Waals surface area (Å²) in [6.07, 6.45) is 7.58. The molecule has 1 heterocycles. The van der Waals surface area contributed by atoms with Crippen molar-refractivity contribution in [3.63, 3.8) is 0 Å². The fourth-order valence-electron chi connectivity index (χ4n) is 2.05. The van der Waals surface area contributed by atoms with E-state index in [1.807, 2.05) is 42.0 Å². The van der Waals surface area contributed by atoms with Crippen molar-refractivity contribution in [3.8, 4) is 5.75 Å². The minimum Gasteiger partial charge on any atom is -0.494 e. The van der Waals surface area contributed by atoms with Crippen molar-refractivity contribution in [2.45, 2.75) is 32.7 Å². The number of amides is 1. The molecule has 0 spiro atoms. The fraction of sp³-hybridized carbons (Fsp3) is 0.412. The highest BCUT2D eigenvalue weighted by molar-refractivity contribution is 5.75. The van der Waals surface area contributed by atoms with Crippen molar-refractivity contribution in [1.29, 1.82) is 0 Å². The summed E-state index contributed by atoms with van der Waals surface area (Å²) >= 11 is 0. The van der Waals surface area contributed by atoms with E-state index in [2.05, 4.69) is 10.3 Å². The Morgan fingerprint density at radius 3 is 2.82 bits per heavy atom. The van der Waals surface area contributed by atoms with Crippen LogP contribution in [0.3, 0.4) is 0 Å². The zero-order valence-corrected chi connectivity index (χ0v) is 13.0. The number of nitrogens with one attached hydrogen (secondary N) is 1. The third kappa shape index (κ3) is 5.99. The third-order valence-corrected chi connectivity index (χ3v) is 3.31. The topological polar surface area (TPSA) is 56.1 Å². The van der Waals surface area contributed by atoms with Crippen molar-refractivity contribution in [1.82, 2.24) is 14.9 Å². The van der Waals surface area contributed by atoms with Crippen LogP contribution in [0.15, 0.2) is 43.0 Å². The number of hydrogen-bond acceptors (Lipinski definition) is 3. The molecule has 0 bridgehead atoms. The van der Waals surface area contributed by atoms with Gasteiger partial charge in [-0.15, -0.1) is 0 Å². The van der Waals surface area contributed by atoms with Crippen LogP contribution in [0.25, 0.3) is 0 Å². The smallest absolute Gasteiger partial charge is 0.220 e. The lowest BCUT2D eigenvalue weighted by molar-refractivity contribution is -0.121. The van der Waals surface area contributed by atoms with E-state index in [0.29, 0.717) is 19.6 Å². The Morgan fingerprint density at radius 2 is 2.09 bits per heavy atom. The van der Waals surface area contributed by atoms with Crippen LogP contribution in [0, 0.1) is 6.92 Å². The average Bonchev–Trinajstić information content (AvgIpc) is 3.03. The van der Waals surface area contributed by atoms with Crippen molar-refractivity contribution >= 4 is 5.91 Å². The molecular formula is C17H23N3O2. The number of aromatic nitrogens is 2. The van der Waals surface area contributed by atoms with Gasteiger partial charge in [0, 0.05) is 31.9 Å². The van der Waals surface area contributed by atoms with Crippen LogP contribution < -0.4 is 10.1 Å². The van der Waals surface area contributed by atoms with Crippen LogP contribution in [0.4, 0.5) is 0 Å². The van der Waals surface area contributed by atoms with Gasteiger partial charge in [0.1, 0.15) is 5.75 Å². The number of aryl methyl sites for hydroxylation is 2. The van der Waals surface area contributed by atoms with Gasteiger partial charge < -0.3 is 14.6 Å². The van der Waals surface area contributed by atoms with Gasteiger partial charge in [0.2, 0.25) is 5.91 Å². The molecule has 1 N–H and O–H groups in total. The lowest BCUT2D eigenvalue weighted by atomic mass is 10.2. The van der Waals surface area contributed by atoms with Crippen molar-refractivity contribution < 1.29 is 9.53 Å². The van der Waals surface area contributed by atoms with Gasteiger partial charge in [0.05, 0.1) is 12.9 Å². The first kappa shape index (κ1) is 16.1. The van der Waals surface area contributed by atoms with Crippen molar-refractivity contribution in [3.05, 3.63) is 48.5 Å². The quantitative estimate of drug-likeness (QED) is 0.724. The number of rotatable bonds is 9. The third-order valence-electron chi connectivity index (χ3n) is 3.31. The van der Waals surface area contributed by atoms with E-state index >= 15 is 0 Å². The van der Waals surface area contributed by atoms with Crippen molar-refractivity contribution in [2.24, 2.45) is 0 Å². The Kier molecular flexibility index (Phi) is 6.48. The number of benzene rings is 1. The van der Waals surface area contributed by atoms with Gasteiger partial charge in [-0.25, -0.2) is 4.98 Å². The summed E-state index contributed by atoms with van der Waals surface area (Å²) < 4.78 is 7.60. The van der Waals surface area contributed by atoms with E-state index in [9.17, 15) is 4.79 Å². The lowest BCUT2D eigenvalue weighted by Gasteiger charge is -2.07. The monoisotopic (exact) mass is 301 g/mol. The molecule has 1 aromatic carbocycles. The Labute approximate surface area is 131 Å². The van der Waals surface area contributed by atoms with Gasteiger partial charge in [-0.05, 0) is 31.9 Å². The van der Waals surface area contributed by atoms with Gasteiger partial charge in [0.25, 0.3) is 0 Å². The molecule has 22 heavy (non-hydrogen) atoms. The highest BCUT2D eigenvalue weighted by atomic mass is 16.5. The molecule has 1 amide bonds. The predicted molar refractivity (Wildman–Crippen MR) is 85.8 cm³/mol. The maximum atomic E-state index is 11.7. The summed E-state index contributed by atoms with van der Waals surface area (Å²) in [5, 5.41) is 2.92. The summed E-state index contributed by atoms with van der Waals surface area (Å²) in [4.78, 5) is 15.7. The number of nitrogens with zero attached hydrogens (tertiary/aromatic N) is 2. The SMILES string of the molecule is Cc1ccc(OCCCC(=O)NCCCn2ccnc2)cc1. The minimum atomic E-state index is 0.0816. The molecule has 0 saturated carbocycles. The van der Waals surface area contributed by atoms with E-state index < -0.39 is 0 Å². The molecule has 0 aliphatic carbocycles. The number of imidazole rings is 1. The molecule has 0 aliphatic heterocycles. The average molecular weight is 301 g/mol. The molecular weight excluding hydrogens is 278 g/mol. The van der Waals surface area contributed by atoms with Gasteiger partial charge in [0.15, 0.2) is 0 Å². The maximum absolute atomic E-state index is 11.7. The van der Waals surface area contributed by atoms with Crippen LogP contribution in [0.5, 0.6) is 5.75 Å². The molecule has 2 aromatic rings. The molecule has 0 atom stereocenters. The number of hydrogen-bond donors (Lipinski definition) is 1. The molecule has 1 aromatic heterocycles. The highest BCUT2D eigenvalue weighted by Crippen LogP contribution is 2.11. The standard InChI is InChI=1S/C17H23N3O2/c1-15-5-7-16(8-6-15)22-13-2-4-17(21)19-9-3-11-20-12-10-18-14-20/h5-8,10,12,14H,2-4,9,11,13H2,1H3,(H,19,21). The van der Waals surface area contributed by atoms with Gasteiger partial charge >= 0.3 is 0 Å². The summed E-state index contributed by atoms with van der Waals surface area (Å²) in [7, 11) is 0. The molecule has 0 aliphatic rings. The van der Waals surface area contributed by atoms with E-state index in [4.69, 9.17) is 4.74 Å². The van der Waals surface area contributed by atoms with Crippen molar-refractivity contribution in [2.75, 3.05) is 13.2 Å². The molecule has 0 radical (unpaired) electrons. The molecule has 0 fully saturated rings. The molecule has 5 nitrogen and oxygen atoms in total. The largest absolute Gasteiger partial charge is 0.494 e. The van der Waals surface area contributed by atoms with Crippen LogP contribution in [0.2, 0.25) is 0 Å². The second kappa shape index (κ2) is 8.87. The Hall–Kier alpha value is -2.30. The maximum Gasteiger partial charge on any atom is 0.220 e. The van der Waals surface area contributed by atoms with Gasteiger partial charge in [-0.3, -0.25) is 4.79 Å². The molecule has 2 rings (SSSR count). The second-order valence-electron chi connectivity index (χ2n) is 5.27. The van der Waals surface area contributed by atoms with Gasteiger partial charge in [-0.1, -0.05) is 17.7 Å². The van der Waals surface area contributed by atoms with E-state index in [-0.39, 0.29) is 5.91 Å². The fourth-order valence-corrected chi connectivity index (χ4v) is 2.05. The minimum absolute atomic E-state index is 0.0816. The van der Waals surface area contributed by atoms with Crippen LogP contribution >= 0.6 is 0 Å². The Balaban J connectivity index is 1.49. The number of carbonyl (C=O) groups is 1. The van der Waals surface area contributed by atoms with Crippen LogP contribution in [-0.4, -0.2) is 28.6 Å². The molecule has 5 heteroatoms. The van der Waals surface area contributed by atoms with E-state index in [1.54, 1.807) is 12.5 Å². The predicted octanol–water partition coefficient (Wildman–Crippen LogP) is 2.56. The summed E-state index contributed by atoms with van der Waals surface area (Å²) in [5.74, 6) is 0.935. The Bertz CT molecular complexity index is 550. The highest BCUT2D eigenvalue weighted by Gasteiger charge is 2.01. The summed E-state index contributed by atoms with van der Waals surface area (Å²) in [5.41, 5.74) is 1.21. The normalized spacial score (nSPS) is 10.4.